The number of anilines is 2. The molecular weight excluding hydrogens is 395 g/mol. The first kappa shape index (κ1) is 21.2. The molecule has 2 aromatic rings. The van der Waals surface area contributed by atoms with Crippen molar-refractivity contribution in [1.29, 1.82) is 0 Å². The number of benzene rings is 2. The Labute approximate surface area is 174 Å². The lowest BCUT2D eigenvalue weighted by Crippen LogP contribution is -3.28. The molecule has 0 atom stereocenters. The number of rotatable bonds is 6. The van der Waals surface area contributed by atoms with Crippen LogP contribution in [0.1, 0.15) is 5.56 Å². The summed E-state index contributed by atoms with van der Waals surface area (Å²) in [5.41, 5.74) is 1.75. The van der Waals surface area contributed by atoms with Gasteiger partial charge in [0.05, 0.1) is 0 Å². The monoisotopic (exact) mass is 420 g/mol. The van der Waals surface area contributed by atoms with Crippen LogP contribution in [-0.2, 0) is 9.59 Å². The van der Waals surface area contributed by atoms with Gasteiger partial charge in [-0.2, -0.15) is 0 Å². The van der Waals surface area contributed by atoms with Crippen LogP contribution in [0.25, 0.3) is 0 Å². The minimum Gasteiger partial charge on any atom is -0.321 e. The van der Waals surface area contributed by atoms with Gasteiger partial charge in [-0.15, -0.1) is 0 Å². The maximum absolute atomic E-state index is 13.6. The van der Waals surface area contributed by atoms with Crippen molar-refractivity contribution in [3.8, 4) is 0 Å². The summed E-state index contributed by atoms with van der Waals surface area (Å²) in [6.45, 7) is 5.65. The molecule has 154 valence electrons. The summed E-state index contributed by atoms with van der Waals surface area (Å²) < 4.78 is 13.6. The van der Waals surface area contributed by atoms with Gasteiger partial charge in [0.25, 0.3) is 11.8 Å². The van der Waals surface area contributed by atoms with Gasteiger partial charge in [0, 0.05) is 16.4 Å². The predicted octanol–water partition coefficient (Wildman–Crippen LogP) is 0.148. The van der Waals surface area contributed by atoms with Crippen molar-refractivity contribution in [2.24, 2.45) is 0 Å². The fourth-order valence-corrected chi connectivity index (χ4v) is 3.50. The number of quaternary nitrogens is 2. The molecule has 3 rings (SSSR count). The zero-order valence-corrected chi connectivity index (χ0v) is 17.1. The molecule has 1 aliphatic rings. The molecule has 2 amide bonds. The van der Waals surface area contributed by atoms with E-state index in [1.165, 1.54) is 11.0 Å². The number of carbonyl (C=O) groups excluding carboxylic acids is 2. The Balaban J connectivity index is 1.39. The Kier molecular flexibility index (Phi) is 7.19. The summed E-state index contributed by atoms with van der Waals surface area (Å²) in [7, 11) is 0. The first-order valence-electron chi connectivity index (χ1n) is 9.67. The maximum atomic E-state index is 13.6. The van der Waals surface area contributed by atoms with Crippen LogP contribution in [0.4, 0.5) is 15.8 Å². The predicted molar refractivity (Wildman–Crippen MR) is 111 cm³/mol. The number of hydrogen-bond donors (Lipinski definition) is 4. The van der Waals surface area contributed by atoms with Crippen LogP contribution in [0.2, 0.25) is 5.02 Å². The number of carbonyl (C=O) groups is 2. The molecule has 29 heavy (non-hydrogen) atoms. The summed E-state index contributed by atoms with van der Waals surface area (Å²) in [4.78, 5) is 26.8. The molecule has 0 saturated carbocycles. The van der Waals surface area contributed by atoms with Crippen LogP contribution >= 0.6 is 11.6 Å². The van der Waals surface area contributed by atoms with Crippen LogP contribution in [0, 0.1) is 12.7 Å². The largest absolute Gasteiger partial charge is 0.321 e. The van der Waals surface area contributed by atoms with Crippen molar-refractivity contribution in [2.45, 2.75) is 6.92 Å². The molecule has 1 heterocycles. The van der Waals surface area contributed by atoms with E-state index in [1.807, 2.05) is 0 Å². The second-order valence-corrected chi connectivity index (χ2v) is 7.86. The average Bonchev–Trinajstić information content (AvgIpc) is 2.68. The third-order valence-electron chi connectivity index (χ3n) is 5.07. The molecule has 1 fully saturated rings. The molecule has 2 aromatic carbocycles. The summed E-state index contributed by atoms with van der Waals surface area (Å²) >= 11 is 5.85. The van der Waals surface area contributed by atoms with Crippen LogP contribution < -0.4 is 20.4 Å². The van der Waals surface area contributed by atoms with Gasteiger partial charge in [0.1, 0.15) is 32.0 Å². The molecule has 0 bridgehead atoms. The third-order valence-corrected chi connectivity index (χ3v) is 5.32. The van der Waals surface area contributed by atoms with Crippen molar-refractivity contribution >= 4 is 34.8 Å². The van der Waals surface area contributed by atoms with Crippen LogP contribution in [-0.4, -0.2) is 51.1 Å². The summed E-state index contributed by atoms with van der Waals surface area (Å²) in [6, 6.07) is 11.7. The number of amides is 2. The number of halogens is 2. The Hall–Kier alpha value is -2.48. The highest BCUT2D eigenvalue weighted by Crippen LogP contribution is 2.13. The van der Waals surface area contributed by atoms with E-state index in [0.717, 1.165) is 36.8 Å². The zero-order valence-electron chi connectivity index (χ0n) is 16.4. The van der Waals surface area contributed by atoms with E-state index < -0.39 is 0 Å². The fraction of sp³-hybridized carbons (Fsp3) is 0.333. The van der Waals surface area contributed by atoms with Gasteiger partial charge in [0.15, 0.2) is 13.1 Å². The minimum atomic E-state index is -0.329. The van der Waals surface area contributed by atoms with Gasteiger partial charge < -0.3 is 20.4 Å². The molecule has 8 heteroatoms. The molecule has 1 saturated heterocycles. The molecule has 1 aliphatic heterocycles. The fourth-order valence-electron chi connectivity index (χ4n) is 3.38. The Morgan fingerprint density at radius 1 is 0.897 bits per heavy atom. The molecule has 6 nitrogen and oxygen atoms in total. The van der Waals surface area contributed by atoms with E-state index in [9.17, 15) is 14.0 Å². The van der Waals surface area contributed by atoms with E-state index >= 15 is 0 Å². The Bertz CT molecular complexity index is 867. The highest BCUT2D eigenvalue weighted by atomic mass is 35.5. The zero-order chi connectivity index (χ0) is 20.8. The third kappa shape index (κ3) is 6.52. The quantitative estimate of drug-likeness (QED) is 0.537. The van der Waals surface area contributed by atoms with Crippen molar-refractivity contribution in [2.75, 3.05) is 49.9 Å². The standard InChI is InChI=1S/C21H24ClFN4O2/c1-15-2-5-18(12-19(15)23)25-21(29)14-27-10-8-26(9-11-27)13-20(28)24-17-6-3-16(22)4-7-17/h2-7,12H,8-11,13-14H2,1H3,(H,24,28)(H,25,29)/p+2. The van der Waals surface area contributed by atoms with E-state index in [1.54, 1.807) is 43.3 Å². The van der Waals surface area contributed by atoms with Gasteiger partial charge >= 0.3 is 0 Å². The lowest BCUT2D eigenvalue weighted by Gasteiger charge is -2.29. The second-order valence-electron chi connectivity index (χ2n) is 7.42. The maximum Gasteiger partial charge on any atom is 0.279 e. The topological polar surface area (TPSA) is 67.1 Å². The van der Waals surface area contributed by atoms with Crippen LogP contribution in [0.3, 0.4) is 0 Å². The first-order chi connectivity index (χ1) is 13.9. The molecule has 0 unspecified atom stereocenters. The highest BCUT2D eigenvalue weighted by Gasteiger charge is 2.26. The Morgan fingerprint density at radius 2 is 1.38 bits per heavy atom. The van der Waals surface area contributed by atoms with Crippen LogP contribution in [0.5, 0.6) is 0 Å². The van der Waals surface area contributed by atoms with Crippen molar-refractivity contribution in [3.63, 3.8) is 0 Å². The SMILES string of the molecule is Cc1ccc(NC(=O)C[NH+]2CC[NH+](CC(=O)Nc3ccc(Cl)cc3)CC2)cc1F. The smallest absolute Gasteiger partial charge is 0.279 e. The van der Waals surface area contributed by atoms with Gasteiger partial charge in [-0.05, 0) is 48.9 Å². The van der Waals surface area contributed by atoms with Crippen molar-refractivity contribution in [3.05, 3.63) is 58.9 Å². The van der Waals surface area contributed by atoms with Gasteiger partial charge in [-0.25, -0.2) is 4.39 Å². The summed E-state index contributed by atoms with van der Waals surface area (Å²) in [5, 5.41) is 6.26. The molecule has 0 radical (unpaired) electrons. The molecular formula is C21H26ClFN4O2+2. The molecule has 4 N–H and O–H groups in total. The lowest BCUT2D eigenvalue weighted by molar-refractivity contribution is -1.00. The number of piperazine rings is 1. The van der Waals surface area contributed by atoms with E-state index in [-0.39, 0.29) is 17.6 Å². The normalized spacial score (nSPS) is 18.9. The Morgan fingerprint density at radius 3 is 1.90 bits per heavy atom. The van der Waals surface area contributed by atoms with Gasteiger partial charge in [-0.1, -0.05) is 17.7 Å². The molecule has 0 aromatic heterocycles. The van der Waals surface area contributed by atoms with E-state index in [4.69, 9.17) is 11.6 Å². The number of hydrogen-bond acceptors (Lipinski definition) is 2. The minimum absolute atomic E-state index is 0.0371. The average molecular weight is 421 g/mol. The summed E-state index contributed by atoms with van der Waals surface area (Å²) in [6.07, 6.45) is 0. The number of aryl methyl sites for hydroxylation is 1. The van der Waals surface area contributed by atoms with Crippen molar-refractivity contribution in [1.82, 2.24) is 0 Å². The highest BCUT2D eigenvalue weighted by molar-refractivity contribution is 6.30. The first-order valence-corrected chi connectivity index (χ1v) is 10.1. The van der Waals surface area contributed by atoms with Gasteiger partial charge in [-0.3, -0.25) is 9.59 Å². The molecule has 0 spiro atoms. The van der Waals surface area contributed by atoms with Crippen LogP contribution in [0.15, 0.2) is 42.5 Å². The molecule has 0 aliphatic carbocycles. The van der Waals surface area contributed by atoms with Gasteiger partial charge in [0.2, 0.25) is 0 Å². The lowest BCUT2D eigenvalue weighted by atomic mass is 10.2. The summed E-state index contributed by atoms with van der Waals surface area (Å²) in [5.74, 6) is -0.499. The van der Waals surface area contributed by atoms with Crippen molar-refractivity contribution < 1.29 is 23.8 Å². The van der Waals surface area contributed by atoms with E-state index in [0.29, 0.717) is 29.4 Å². The second kappa shape index (κ2) is 9.82. The van der Waals surface area contributed by atoms with E-state index in [2.05, 4.69) is 10.6 Å². The number of nitrogens with one attached hydrogen (secondary N) is 4.